The Labute approximate surface area is 127 Å². The van der Waals surface area contributed by atoms with Crippen molar-refractivity contribution >= 4 is 23.5 Å². The molecule has 0 unspecified atom stereocenters. The minimum atomic E-state index is -5.46. The lowest BCUT2D eigenvalue weighted by molar-refractivity contribution is -0.142. The van der Waals surface area contributed by atoms with Crippen molar-refractivity contribution in [1.82, 2.24) is 0 Å². The fourth-order valence-electron chi connectivity index (χ4n) is 2.79. The number of hydrogen-bond donors (Lipinski definition) is 0. The molecule has 0 saturated carbocycles. The average molecular weight is 352 g/mol. The van der Waals surface area contributed by atoms with Gasteiger partial charge in [0.15, 0.2) is 11.6 Å². The largest absolute Gasteiger partial charge is 0.418 e. The van der Waals surface area contributed by atoms with Crippen molar-refractivity contribution in [3.63, 3.8) is 0 Å². The highest BCUT2D eigenvalue weighted by molar-refractivity contribution is 6.29. The summed E-state index contributed by atoms with van der Waals surface area (Å²) in [6.45, 7) is 0. The number of rotatable bonds is 0. The van der Waals surface area contributed by atoms with Gasteiger partial charge in [-0.1, -0.05) is 0 Å². The van der Waals surface area contributed by atoms with E-state index in [9.17, 15) is 45.5 Å². The van der Waals surface area contributed by atoms with E-state index in [4.69, 9.17) is 0 Å². The SMILES string of the molecule is O=C1CC(=O)c2c1c(C(F)(F)F)c1c(c2C(F)(F)F)C(=O)OC1=O. The van der Waals surface area contributed by atoms with Crippen LogP contribution in [0.25, 0.3) is 0 Å². The van der Waals surface area contributed by atoms with Crippen LogP contribution in [0.3, 0.4) is 0 Å². The van der Waals surface area contributed by atoms with Crippen LogP contribution in [0.15, 0.2) is 0 Å². The summed E-state index contributed by atoms with van der Waals surface area (Å²) in [5, 5.41) is 0. The number of esters is 2. The van der Waals surface area contributed by atoms with Crippen LogP contribution < -0.4 is 0 Å². The summed E-state index contributed by atoms with van der Waals surface area (Å²) in [4.78, 5) is 46.4. The number of cyclic esters (lactones) is 2. The number of Topliss-reactive ketones (excluding diaryl/α,β-unsaturated/α-hetero) is 2. The van der Waals surface area contributed by atoms with E-state index >= 15 is 0 Å². The Morgan fingerprint density at radius 1 is 0.625 bits per heavy atom. The predicted molar refractivity (Wildman–Crippen MR) is 59.5 cm³/mol. The number of carbonyl (C=O) groups excluding carboxylic acids is 4. The smallest absolute Gasteiger partial charge is 0.386 e. The van der Waals surface area contributed by atoms with Gasteiger partial charge in [0.2, 0.25) is 0 Å². The number of benzene rings is 1. The van der Waals surface area contributed by atoms with Gasteiger partial charge in [0.1, 0.15) is 0 Å². The standard InChI is InChI=1S/C13H2F6O5/c14-12(15,16)8-4-2(20)1-3(21)5(4)9(13(17,18)19)7-6(8)10(22)24-11(7)23/h1H2. The number of alkyl halides is 6. The van der Waals surface area contributed by atoms with Gasteiger partial charge in [0.05, 0.1) is 28.7 Å². The molecule has 0 saturated heterocycles. The molecule has 1 aliphatic heterocycles. The lowest BCUT2D eigenvalue weighted by Crippen LogP contribution is -2.23. The molecule has 1 heterocycles. The summed E-state index contributed by atoms with van der Waals surface area (Å²) in [6.07, 6.45) is -12.1. The fourth-order valence-corrected chi connectivity index (χ4v) is 2.79. The Balaban J connectivity index is 2.63. The highest BCUT2D eigenvalue weighted by atomic mass is 19.4. The van der Waals surface area contributed by atoms with E-state index in [-0.39, 0.29) is 0 Å². The van der Waals surface area contributed by atoms with Crippen LogP contribution >= 0.6 is 0 Å². The fraction of sp³-hybridized carbons (Fsp3) is 0.231. The molecule has 0 aromatic heterocycles. The Kier molecular flexibility index (Phi) is 2.98. The van der Waals surface area contributed by atoms with E-state index in [1.165, 1.54) is 0 Å². The van der Waals surface area contributed by atoms with Crippen molar-refractivity contribution in [2.75, 3.05) is 0 Å². The number of ketones is 2. The highest BCUT2D eigenvalue weighted by Gasteiger charge is 2.55. The molecule has 24 heavy (non-hydrogen) atoms. The first-order valence-corrected chi connectivity index (χ1v) is 6.07. The van der Waals surface area contributed by atoms with Crippen LogP contribution in [0.4, 0.5) is 26.3 Å². The molecule has 1 aliphatic carbocycles. The Morgan fingerprint density at radius 3 is 1.25 bits per heavy atom. The maximum Gasteiger partial charge on any atom is 0.418 e. The second kappa shape index (κ2) is 4.42. The average Bonchev–Trinajstić information content (AvgIpc) is 2.84. The summed E-state index contributed by atoms with van der Waals surface area (Å²) in [7, 11) is 0. The Hall–Kier alpha value is -2.72. The molecular weight excluding hydrogens is 350 g/mol. The van der Waals surface area contributed by atoms with Crippen molar-refractivity contribution < 1.29 is 50.3 Å². The number of fused-ring (bicyclic) bond motifs is 2. The molecule has 5 nitrogen and oxygen atoms in total. The highest BCUT2D eigenvalue weighted by Crippen LogP contribution is 2.49. The molecule has 3 rings (SSSR count). The number of carbonyl (C=O) groups is 4. The van der Waals surface area contributed by atoms with Crippen LogP contribution in [-0.4, -0.2) is 23.5 Å². The molecule has 0 atom stereocenters. The van der Waals surface area contributed by atoms with Crippen molar-refractivity contribution in [2.45, 2.75) is 18.8 Å². The predicted octanol–water partition coefficient (Wildman–Crippen LogP) is 2.80. The molecular formula is C13H2F6O5. The zero-order valence-corrected chi connectivity index (χ0v) is 11.0. The molecule has 1 aromatic carbocycles. The van der Waals surface area contributed by atoms with Gasteiger partial charge in [-0.2, -0.15) is 26.3 Å². The third-order valence-electron chi connectivity index (χ3n) is 3.54. The minimum Gasteiger partial charge on any atom is -0.386 e. The summed E-state index contributed by atoms with van der Waals surface area (Å²) in [5.74, 6) is -6.93. The maximum atomic E-state index is 13.3. The molecule has 11 heteroatoms. The van der Waals surface area contributed by atoms with Crippen LogP contribution in [0.5, 0.6) is 0 Å². The van der Waals surface area contributed by atoms with Crippen molar-refractivity contribution in [3.05, 3.63) is 33.4 Å². The van der Waals surface area contributed by atoms with Crippen molar-refractivity contribution in [1.29, 1.82) is 0 Å². The van der Waals surface area contributed by atoms with Crippen LogP contribution in [0, 0.1) is 0 Å². The summed E-state index contributed by atoms with van der Waals surface area (Å²) in [6, 6.07) is 0. The Morgan fingerprint density at radius 2 is 0.958 bits per heavy atom. The van der Waals surface area contributed by atoms with Gasteiger partial charge in [0.25, 0.3) is 0 Å². The molecule has 126 valence electrons. The Bertz CT molecular complexity index is 737. The molecule has 2 aliphatic rings. The van der Waals surface area contributed by atoms with Crippen LogP contribution in [0.2, 0.25) is 0 Å². The maximum absolute atomic E-state index is 13.3. The van der Waals surface area contributed by atoms with Crippen molar-refractivity contribution in [2.24, 2.45) is 0 Å². The number of halogens is 6. The summed E-state index contributed by atoms with van der Waals surface area (Å²) >= 11 is 0. The first-order valence-electron chi connectivity index (χ1n) is 6.07. The molecule has 0 amide bonds. The summed E-state index contributed by atoms with van der Waals surface area (Å²) in [5.41, 5.74) is -10.6. The van der Waals surface area contributed by atoms with E-state index in [2.05, 4.69) is 4.74 Å². The lowest BCUT2D eigenvalue weighted by atomic mass is 9.87. The number of hydrogen-bond acceptors (Lipinski definition) is 5. The molecule has 0 N–H and O–H groups in total. The molecule has 0 bridgehead atoms. The van der Waals surface area contributed by atoms with E-state index in [0.29, 0.717) is 0 Å². The van der Waals surface area contributed by atoms with Crippen LogP contribution in [0.1, 0.15) is 59.0 Å². The van der Waals surface area contributed by atoms with Gasteiger partial charge >= 0.3 is 24.3 Å². The second-order valence-corrected chi connectivity index (χ2v) is 4.95. The van der Waals surface area contributed by atoms with E-state index < -0.39 is 75.7 Å². The van der Waals surface area contributed by atoms with Gasteiger partial charge in [0, 0.05) is 11.1 Å². The van der Waals surface area contributed by atoms with Crippen molar-refractivity contribution in [3.8, 4) is 0 Å². The first kappa shape index (κ1) is 16.1. The topological polar surface area (TPSA) is 77.5 Å². The second-order valence-electron chi connectivity index (χ2n) is 4.95. The molecule has 0 fully saturated rings. The zero-order chi connectivity index (χ0) is 18.2. The van der Waals surface area contributed by atoms with Crippen LogP contribution in [-0.2, 0) is 17.1 Å². The molecule has 0 spiro atoms. The van der Waals surface area contributed by atoms with Gasteiger partial charge in [-0.3, -0.25) is 9.59 Å². The molecule has 1 aromatic rings. The molecule has 0 radical (unpaired) electrons. The van der Waals surface area contributed by atoms with E-state index in [0.717, 1.165) is 0 Å². The first-order chi connectivity index (χ1) is 10.9. The van der Waals surface area contributed by atoms with Gasteiger partial charge in [-0.15, -0.1) is 0 Å². The van der Waals surface area contributed by atoms with Gasteiger partial charge in [-0.05, 0) is 0 Å². The lowest BCUT2D eigenvalue weighted by Gasteiger charge is -2.18. The zero-order valence-electron chi connectivity index (χ0n) is 11.0. The van der Waals surface area contributed by atoms with E-state index in [1.54, 1.807) is 0 Å². The van der Waals surface area contributed by atoms with E-state index in [1.807, 2.05) is 0 Å². The number of ether oxygens (including phenoxy) is 1. The minimum absolute atomic E-state index is 1.21. The normalized spacial score (nSPS) is 17.2. The summed E-state index contributed by atoms with van der Waals surface area (Å²) < 4.78 is 83.4. The third kappa shape index (κ3) is 1.96. The third-order valence-corrected chi connectivity index (χ3v) is 3.54. The van der Waals surface area contributed by atoms with Gasteiger partial charge < -0.3 is 4.74 Å². The monoisotopic (exact) mass is 352 g/mol. The quantitative estimate of drug-likeness (QED) is 0.408. The van der Waals surface area contributed by atoms with Gasteiger partial charge in [-0.25, -0.2) is 9.59 Å².